The van der Waals surface area contributed by atoms with Gasteiger partial charge in [0.25, 0.3) is 0 Å². The van der Waals surface area contributed by atoms with Crippen molar-refractivity contribution >= 4 is 5.71 Å². The zero-order valence-electron chi connectivity index (χ0n) is 26.9. The van der Waals surface area contributed by atoms with Crippen LogP contribution in [0.5, 0.6) is 0 Å². The summed E-state index contributed by atoms with van der Waals surface area (Å²) in [6, 6.07) is 28.2. The second-order valence-corrected chi connectivity index (χ2v) is 9.81. The molecule has 6 rings (SSSR count). The largest absolute Gasteiger partial charge is 0.266 e. The highest BCUT2D eigenvalue weighted by atomic mass is 14.7. The molecule has 0 N–H and O–H groups in total. The van der Waals surface area contributed by atoms with Gasteiger partial charge in [0.2, 0.25) is 0 Å². The molecule has 5 heteroatoms. The molecule has 224 valence electrons. The van der Waals surface area contributed by atoms with Gasteiger partial charge in [-0.3, -0.25) is 24.9 Å². The fourth-order valence-electron chi connectivity index (χ4n) is 3.04. The first-order valence-electron chi connectivity index (χ1n) is 14.5. The van der Waals surface area contributed by atoms with Crippen molar-refractivity contribution in [3.05, 3.63) is 168 Å². The minimum Gasteiger partial charge on any atom is -0.266 e. The predicted octanol–water partition coefficient (Wildman–Crippen LogP) is 9.48. The molecule has 43 heavy (non-hydrogen) atoms. The van der Waals surface area contributed by atoms with Crippen LogP contribution in [0, 0.1) is 34.6 Å². The third kappa shape index (κ3) is 21.6. The Hall–Kier alpha value is -4.77. The molecule has 0 fully saturated rings. The number of benzene rings is 1. The van der Waals surface area contributed by atoms with E-state index >= 15 is 0 Å². The van der Waals surface area contributed by atoms with Gasteiger partial charge in [0, 0.05) is 66.9 Å². The molecular weight excluding hydrogens is 526 g/mol. The molecule has 5 heterocycles. The summed E-state index contributed by atoms with van der Waals surface area (Å²) in [5, 5.41) is 0. The summed E-state index contributed by atoms with van der Waals surface area (Å²) >= 11 is 0. The van der Waals surface area contributed by atoms with Crippen molar-refractivity contribution in [1.29, 1.82) is 0 Å². The van der Waals surface area contributed by atoms with Crippen LogP contribution in [-0.4, -0.2) is 25.6 Å². The quantitative estimate of drug-likeness (QED) is 0.200. The summed E-state index contributed by atoms with van der Waals surface area (Å²) in [6.07, 6.45) is 16.8. The number of hydrogen-bond donors (Lipinski definition) is 0. The lowest BCUT2D eigenvalue weighted by Crippen LogP contribution is -1.81. The highest BCUT2D eigenvalue weighted by Gasteiger charge is 1.88. The summed E-state index contributed by atoms with van der Waals surface area (Å²) < 4.78 is 0. The highest BCUT2D eigenvalue weighted by Crippen LogP contribution is 1.99. The Bertz CT molecular complexity index is 1280. The minimum absolute atomic E-state index is 1.03. The summed E-state index contributed by atoms with van der Waals surface area (Å²) in [6.45, 7) is 14.3. The molecule has 0 saturated carbocycles. The van der Waals surface area contributed by atoms with Gasteiger partial charge < -0.3 is 0 Å². The van der Waals surface area contributed by atoms with Gasteiger partial charge in [-0.1, -0.05) is 72.7 Å². The second kappa shape index (κ2) is 23.9. The lowest BCUT2D eigenvalue weighted by molar-refractivity contribution is 1.04. The molecule has 0 saturated heterocycles. The number of rotatable bonds is 1. The lowest BCUT2D eigenvalue weighted by atomic mass is 10.2. The topological polar surface area (TPSA) is 63.9 Å². The normalized spacial score (nSPS) is 10.3. The van der Waals surface area contributed by atoms with E-state index in [1.807, 2.05) is 113 Å². The molecule has 0 aliphatic carbocycles. The Morgan fingerprint density at radius 1 is 0.535 bits per heavy atom. The highest BCUT2D eigenvalue weighted by molar-refractivity contribution is 5.85. The van der Waals surface area contributed by atoms with E-state index in [4.69, 9.17) is 0 Å². The molecule has 1 aromatic carbocycles. The molecule has 0 bridgehead atoms. The van der Waals surface area contributed by atoms with E-state index in [0.29, 0.717) is 0 Å². The van der Waals surface area contributed by atoms with E-state index in [1.165, 1.54) is 28.0 Å². The van der Waals surface area contributed by atoms with E-state index in [2.05, 4.69) is 76.0 Å². The fourth-order valence-corrected chi connectivity index (χ4v) is 3.04. The van der Waals surface area contributed by atoms with Crippen molar-refractivity contribution in [3.8, 4) is 0 Å². The van der Waals surface area contributed by atoms with Crippen LogP contribution < -0.4 is 0 Å². The van der Waals surface area contributed by atoms with Gasteiger partial charge in [-0.05, 0) is 95.5 Å². The van der Waals surface area contributed by atoms with Gasteiger partial charge in [-0.2, -0.15) is 0 Å². The van der Waals surface area contributed by atoms with Crippen LogP contribution in [0.15, 0.2) is 139 Å². The smallest absolute Gasteiger partial charge is 0.0400 e. The molecule has 0 spiro atoms. The van der Waals surface area contributed by atoms with Crippen LogP contribution >= 0.6 is 0 Å². The van der Waals surface area contributed by atoms with Crippen LogP contribution in [0.1, 0.15) is 53.9 Å². The molecule has 1 aliphatic rings. The number of allylic oxidation sites excluding steroid dienone is 1. The molecular formula is C38H47N5. The van der Waals surface area contributed by atoms with E-state index in [-0.39, 0.29) is 0 Å². The van der Waals surface area contributed by atoms with Gasteiger partial charge in [-0.25, -0.2) is 0 Å². The maximum Gasteiger partial charge on any atom is 0.0400 e. The number of aromatic nitrogens is 4. The third-order valence-corrected chi connectivity index (χ3v) is 5.55. The molecule has 0 unspecified atom stereocenters. The molecule has 5 aromatic rings. The van der Waals surface area contributed by atoms with E-state index in [1.54, 1.807) is 18.6 Å². The first-order chi connectivity index (χ1) is 20.8. The van der Waals surface area contributed by atoms with Crippen molar-refractivity contribution in [2.45, 2.75) is 61.3 Å². The average Bonchev–Trinajstić information content (AvgIpc) is 3.53. The SMILES string of the molecule is CC1=NC=CC1.CCc1ccccn1.Cc1ccc(C)cc1.Cc1ccccn1.Cc1cccnc1.Cc1cccnc1. The van der Waals surface area contributed by atoms with Crippen molar-refractivity contribution in [2.75, 3.05) is 0 Å². The van der Waals surface area contributed by atoms with Crippen LogP contribution in [0.2, 0.25) is 0 Å². The molecule has 4 aromatic heterocycles. The number of nitrogens with zero attached hydrogens (tertiary/aromatic N) is 5. The predicted molar refractivity (Wildman–Crippen MR) is 183 cm³/mol. The Morgan fingerprint density at radius 2 is 1.07 bits per heavy atom. The van der Waals surface area contributed by atoms with E-state index in [9.17, 15) is 0 Å². The van der Waals surface area contributed by atoms with Crippen molar-refractivity contribution in [1.82, 2.24) is 19.9 Å². The van der Waals surface area contributed by atoms with E-state index < -0.39 is 0 Å². The third-order valence-electron chi connectivity index (χ3n) is 5.55. The molecule has 1 aliphatic heterocycles. The summed E-state index contributed by atoms with van der Waals surface area (Å²) in [5.41, 5.74) is 8.53. The average molecular weight is 574 g/mol. The van der Waals surface area contributed by atoms with Crippen LogP contribution in [-0.2, 0) is 6.42 Å². The number of aryl methyl sites for hydroxylation is 6. The Kier molecular flexibility index (Phi) is 20.1. The standard InChI is InChI=1S/C8H10.C7H9N.3C6H7N.C5H7N/c1-7-3-5-8(2)6-4-7;1-2-7-5-3-4-6-8-7;2*1-6-3-2-4-7-5-6;1-6-4-2-3-5-7-6;1-5-3-2-4-6-5/h3-6H,1-2H3;3-6H,2H2,1H3;3*2-5H,1H3;2,4H,3H2,1H3. The zero-order valence-corrected chi connectivity index (χ0v) is 26.9. The van der Waals surface area contributed by atoms with Crippen molar-refractivity contribution < 1.29 is 0 Å². The maximum atomic E-state index is 4.10. The second-order valence-electron chi connectivity index (χ2n) is 9.81. The Morgan fingerprint density at radius 3 is 1.28 bits per heavy atom. The first kappa shape index (κ1) is 36.3. The van der Waals surface area contributed by atoms with Crippen LogP contribution in [0.25, 0.3) is 0 Å². The van der Waals surface area contributed by atoms with Gasteiger partial charge in [0.05, 0.1) is 0 Å². The monoisotopic (exact) mass is 573 g/mol. The van der Waals surface area contributed by atoms with Gasteiger partial charge >= 0.3 is 0 Å². The first-order valence-corrected chi connectivity index (χ1v) is 14.5. The summed E-state index contributed by atoms with van der Waals surface area (Å²) in [4.78, 5) is 19.8. The Balaban J connectivity index is 0.000000259. The van der Waals surface area contributed by atoms with Crippen molar-refractivity contribution in [3.63, 3.8) is 0 Å². The molecule has 0 radical (unpaired) electrons. The van der Waals surface area contributed by atoms with Gasteiger partial charge in [0.15, 0.2) is 0 Å². The zero-order chi connectivity index (χ0) is 31.5. The van der Waals surface area contributed by atoms with Gasteiger partial charge in [-0.15, -0.1) is 0 Å². The van der Waals surface area contributed by atoms with Gasteiger partial charge in [0.1, 0.15) is 0 Å². The minimum atomic E-state index is 1.03. The van der Waals surface area contributed by atoms with Crippen LogP contribution in [0.3, 0.4) is 0 Å². The maximum absolute atomic E-state index is 4.10. The summed E-state index contributed by atoms with van der Waals surface area (Å²) in [5.74, 6) is 0. The van der Waals surface area contributed by atoms with E-state index in [0.717, 1.165) is 24.2 Å². The van der Waals surface area contributed by atoms with Crippen molar-refractivity contribution in [2.24, 2.45) is 4.99 Å². The Labute approximate surface area is 259 Å². The van der Waals surface area contributed by atoms with Crippen LogP contribution in [0.4, 0.5) is 0 Å². The lowest BCUT2D eigenvalue weighted by Gasteiger charge is -1.90. The molecule has 0 atom stereocenters. The number of aliphatic imine (C=N–C) groups is 1. The molecule has 5 nitrogen and oxygen atoms in total. The fraction of sp³-hybridized carbons (Fsp3) is 0.237. The number of pyridine rings is 4. The summed E-state index contributed by atoms with van der Waals surface area (Å²) in [7, 11) is 0. The molecule has 0 amide bonds. The number of hydrogen-bond acceptors (Lipinski definition) is 5.